The van der Waals surface area contributed by atoms with Crippen molar-refractivity contribution in [1.82, 2.24) is 5.43 Å². The Morgan fingerprint density at radius 3 is 2.54 bits per heavy atom. The lowest BCUT2D eigenvalue weighted by Crippen LogP contribution is -2.24. The fraction of sp³-hybridized carbons (Fsp3) is 0.176. The molecule has 0 spiro atoms. The number of hydrogen-bond acceptors (Lipinski definition) is 3. The van der Waals surface area contributed by atoms with Crippen LogP contribution >= 0.6 is 12.2 Å². The topological polar surface area (TPSA) is 45.7 Å². The molecule has 4 nitrogen and oxygen atoms in total. The number of anilines is 1. The van der Waals surface area contributed by atoms with E-state index in [2.05, 4.69) is 20.6 Å². The first-order valence-electron chi connectivity index (χ1n) is 7.17. The molecule has 0 saturated heterocycles. The van der Waals surface area contributed by atoms with E-state index in [4.69, 9.17) is 12.2 Å². The molecule has 2 aromatic carbocycles. The summed E-state index contributed by atoms with van der Waals surface area (Å²) in [5.41, 5.74) is 6.62. The Kier molecular flexibility index (Phi) is 6.20. The fourth-order valence-electron chi connectivity index (χ4n) is 1.94. The SMILES string of the molecule is Cc1cccc(NC(=S)N/N=C\c2ccc(OC(F)F)cc2)c1C. The van der Waals surface area contributed by atoms with Crippen molar-refractivity contribution in [1.29, 1.82) is 0 Å². The summed E-state index contributed by atoms with van der Waals surface area (Å²) >= 11 is 5.18. The van der Waals surface area contributed by atoms with Crippen LogP contribution < -0.4 is 15.5 Å². The van der Waals surface area contributed by atoms with Crippen molar-refractivity contribution >= 4 is 29.2 Å². The molecular weight excluding hydrogens is 332 g/mol. The molecular formula is C17H17F2N3OS. The monoisotopic (exact) mass is 349 g/mol. The minimum Gasteiger partial charge on any atom is -0.435 e. The van der Waals surface area contributed by atoms with Crippen molar-refractivity contribution in [3.8, 4) is 5.75 Å². The lowest BCUT2D eigenvalue weighted by molar-refractivity contribution is -0.0498. The molecule has 0 aliphatic rings. The van der Waals surface area contributed by atoms with Crippen LogP contribution in [0, 0.1) is 13.8 Å². The van der Waals surface area contributed by atoms with Gasteiger partial charge in [-0.25, -0.2) is 0 Å². The summed E-state index contributed by atoms with van der Waals surface area (Å²) in [6, 6.07) is 12.0. The van der Waals surface area contributed by atoms with Gasteiger partial charge in [-0.3, -0.25) is 5.43 Å². The Bertz CT molecular complexity index is 733. The molecule has 0 atom stereocenters. The van der Waals surface area contributed by atoms with Gasteiger partial charge < -0.3 is 10.1 Å². The summed E-state index contributed by atoms with van der Waals surface area (Å²) in [5.74, 6) is 0.0993. The maximum Gasteiger partial charge on any atom is 0.387 e. The molecule has 2 N–H and O–H groups in total. The van der Waals surface area contributed by atoms with Gasteiger partial charge in [0.05, 0.1) is 6.21 Å². The van der Waals surface area contributed by atoms with E-state index in [0.29, 0.717) is 5.11 Å². The summed E-state index contributed by atoms with van der Waals surface area (Å²) in [6.07, 6.45) is 1.53. The molecule has 0 bridgehead atoms. The summed E-state index contributed by atoms with van der Waals surface area (Å²) in [5, 5.41) is 7.44. The van der Waals surface area contributed by atoms with Gasteiger partial charge in [0.1, 0.15) is 5.75 Å². The van der Waals surface area contributed by atoms with Gasteiger partial charge in [-0.1, -0.05) is 12.1 Å². The molecule has 0 aliphatic carbocycles. The fourth-order valence-corrected chi connectivity index (χ4v) is 2.10. The third kappa shape index (κ3) is 5.27. The van der Waals surface area contributed by atoms with Crippen LogP contribution in [-0.2, 0) is 0 Å². The van der Waals surface area contributed by atoms with Crippen molar-refractivity contribution in [2.24, 2.45) is 5.10 Å². The Hall–Kier alpha value is -2.54. The molecule has 0 radical (unpaired) electrons. The Morgan fingerprint density at radius 2 is 1.88 bits per heavy atom. The van der Waals surface area contributed by atoms with E-state index in [-0.39, 0.29) is 5.75 Å². The molecule has 0 fully saturated rings. The molecule has 2 rings (SSSR count). The molecule has 7 heteroatoms. The van der Waals surface area contributed by atoms with Crippen molar-refractivity contribution < 1.29 is 13.5 Å². The Balaban J connectivity index is 1.89. The molecule has 0 amide bonds. The second-order valence-electron chi connectivity index (χ2n) is 5.02. The van der Waals surface area contributed by atoms with E-state index in [1.165, 1.54) is 18.3 Å². The minimum absolute atomic E-state index is 0.0993. The number of ether oxygens (including phenoxy) is 1. The molecule has 0 saturated carbocycles. The van der Waals surface area contributed by atoms with Gasteiger partial charge in [-0.05, 0) is 73.1 Å². The molecule has 0 aromatic heterocycles. The molecule has 2 aromatic rings. The van der Waals surface area contributed by atoms with E-state index in [1.54, 1.807) is 12.1 Å². The number of nitrogens with zero attached hydrogens (tertiary/aromatic N) is 1. The Labute approximate surface area is 144 Å². The second-order valence-corrected chi connectivity index (χ2v) is 5.43. The zero-order chi connectivity index (χ0) is 17.5. The van der Waals surface area contributed by atoms with E-state index in [1.807, 2.05) is 32.0 Å². The van der Waals surface area contributed by atoms with Gasteiger partial charge in [0, 0.05) is 5.69 Å². The average molecular weight is 349 g/mol. The predicted molar refractivity (Wildman–Crippen MR) is 95.9 cm³/mol. The van der Waals surface area contributed by atoms with Gasteiger partial charge in [-0.15, -0.1) is 0 Å². The predicted octanol–water partition coefficient (Wildman–Crippen LogP) is 4.23. The number of hydrogen-bond donors (Lipinski definition) is 2. The highest BCUT2D eigenvalue weighted by Crippen LogP contribution is 2.17. The van der Waals surface area contributed by atoms with Gasteiger partial charge in [0.2, 0.25) is 0 Å². The highest BCUT2D eigenvalue weighted by atomic mass is 32.1. The zero-order valence-corrected chi connectivity index (χ0v) is 14.0. The number of aryl methyl sites for hydroxylation is 1. The Morgan fingerprint density at radius 1 is 1.17 bits per heavy atom. The number of rotatable bonds is 5. The maximum absolute atomic E-state index is 12.1. The first-order valence-corrected chi connectivity index (χ1v) is 7.57. The van der Waals surface area contributed by atoms with Gasteiger partial charge in [0.15, 0.2) is 5.11 Å². The van der Waals surface area contributed by atoms with Crippen LogP contribution in [0.4, 0.5) is 14.5 Å². The molecule has 24 heavy (non-hydrogen) atoms. The number of halogens is 2. The second kappa shape index (κ2) is 8.35. The third-order valence-corrected chi connectivity index (χ3v) is 3.53. The van der Waals surface area contributed by atoms with Crippen LogP contribution in [-0.4, -0.2) is 17.9 Å². The summed E-state index contributed by atoms with van der Waals surface area (Å²) < 4.78 is 28.4. The van der Waals surface area contributed by atoms with Crippen molar-refractivity contribution in [2.75, 3.05) is 5.32 Å². The van der Waals surface area contributed by atoms with Crippen molar-refractivity contribution in [3.63, 3.8) is 0 Å². The number of thiocarbonyl (C=S) groups is 1. The smallest absolute Gasteiger partial charge is 0.387 e. The normalized spacial score (nSPS) is 10.9. The quantitative estimate of drug-likeness (QED) is 0.482. The maximum atomic E-state index is 12.1. The molecule has 0 unspecified atom stereocenters. The van der Waals surface area contributed by atoms with Gasteiger partial charge in [0.25, 0.3) is 0 Å². The first-order chi connectivity index (χ1) is 11.5. The number of nitrogens with one attached hydrogen (secondary N) is 2. The van der Waals surface area contributed by atoms with Crippen LogP contribution in [0.3, 0.4) is 0 Å². The average Bonchev–Trinajstić information content (AvgIpc) is 2.53. The van der Waals surface area contributed by atoms with Crippen LogP contribution in [0.15, 0.2) is 47.6 Å². The minimum atomic E-state index is -2.83. The number of benzene rings is 2. The zero-order valence-electron chi connectivity index (χ0n) is 13.2. The number of hydrazone groups is 1. The van der Waals surface area contributed by atoms with E-state index >= 15 is 0 Å². The molecule has 0 aliphatic heterocycles. The molecule has 0 heterocycles. The van der Waals surface area contributed by atoms with Crippen molar-refractivity contribution in [3.05, 3.63) is 59.2 Å². The first kappa shape index (κ1) is 17.8. The van der Waals surface area contributed by atoms with E-state index < -0.39 is 6.61 Å². The lowest BCUT2D eigenvalue weighted by atomic mass is 10.1. The molecule has 126 valence electrons. The standard InChI is InChI=1S/C17H17F2N3OS/c1-11-4-3-5-15(12(11)2)21-17(24)22-20-10-13-6-8-14(9-7-13)23-16(18)19/h3-10,16H,1-2H3,(H2,21,22,24)/b20-10-. The summed E-state index contributed by atoms with van der Waals surface area (Å²) in [4.78, 5) is 0. The summed E-state index contributed by atoms with van der Waals surface area (Å²) in [7, 11) is 0. The largest absolute Gasteiger partial charge is 0.435 e. The lowest BCUT2D eigenvalue weighted by Gasteiger charge is -2.11. The van der Waals surface area contributed by atoms with Gasteiger partial charge in [-0.2, -0.15) is 13.9 Å². The highest BCUT2D eigenvalue weighted by Gasteiger charge is 2.03. The van der Waals surface area contributed by atoms with Crippen LogP contribution in [0.1, 0.15) is 16.7 Å². The summed E-state index contributed by atoms with van der Waals surface area (Å²) in [6.45, 7) is 1.20. The van der Waals surface area contributed by atoms with Crippen LogP contribution in [0.25, 0.3) is 0 Å². The van der Waals surface area contributed by atoms with Crippen LogP contribution in [0.5, 0.6) is 5.75 Å². The van der Waals surface area contributed by atoms with Crippen molar-refractivity contribution in [2.45, 2.75) is 20.5 Å². The van der Waals surface area contributed by atoms with Gasteiger partial charge >= 0.3 is 6.61 Å². The van der Waals surface area contributed by atoms with E-state index in [0.717, 1.165) is 22.4 Å². The highest BCUT2D eigenvalue weighted by molar-refractivity contribution is 7.80. The third-order valence-electron chi connectivity index (χ3n) is 3.34. The van der Waals surface area contributed by atoms with E-state index in [9.17, 15) is 8.78 Å². The van der Waals surface area contributed by atoms with Crippen LogP contribution in [0.2, 0.25) is 0 Å². The number of alkyl halides is 2.